The molecule has 0 spiro atoms. The van der Waals surface area contributed by atoms with E-state index in [4.69, 9.17) is 22.4 Å². The lowest BCUT2D eigenvalue weighted by atomic mass is 10.0. The van der Waals surface area contributed by atoms with Crippen molar-refractivity contribution in [2.75, 3.05) is 12.9 Å². The highest BCUT2D eigenvalue weighted by atomic mass is 32.2. The maximum atomic E-state index is 9.38. The van der Waals surface area contributed by atoms with E-state index in [-0.39, 0.29) is 0 Å². The van der Waals surface area contributed by atoms with Gasteiger partial charge in [0.2, 0.25) is 0 Å². The van der Waals surface area contributed by atoms with Crippen LogP contribution < -0.4 is 5.43 Å². The minimum atomic E-state index is -1.67. The first-order chi connectivity index (χ1) is 7.93. The number of thioether (sulfide) groups is 1. The second-order valence-electron chi connectivity index (χ2n) is 3.10. The average molecular weight is 284 g/mol. The van der Waals surface area contributed by atoms with E-state index in [0.29, 0.717) is 4.32 Å². The Morgan fingerprint density at radius 3 is 2.41 bits per heavy atom. The molecule has 0 bridgehead atoms. The lowest BCUT2D eigenvalue weighted by Gasteiger charge is -2.23. The van der Waals surface area contributed by atoms with Crippen LogP contribution in [0.25, 0.3) is 0 Å². The van der Waals surface area contributed by atoms with Crippen LogP contribution in [-0.2, 0) is 0 Å². The van der Waals surface area contributed by atoms with Gasteiger partial charge in [-0.3, -0.25) is 5.43 Å². The molecule has 0 heterocycles. The minimum absolute atomic E-state index is 0.374. The second kappa shape index (κ2) is 8.75. The van der Waals surface area contributed by atoms with Gasteiger partial charge in [-0.2, -0.15) is 5.10 Å². The smallest absolute Gasteiger partial charge is 0.153 e. The highest BCUT2D eigenvalue weighted by molar-refractivity contribution is 8.22. The Kier molecular flexibility index (Phi) is 8.60. The normalized spacial score (nSPS) is 18.7. The molecule has 17 heavy (non-hydrogen) atoms. The van der Waals surface area contributed by atoms with Gasteiger partial charge in [0.15, 0.2) is 4.32 Å². The topological polar surface area (TPSA) is 126 Å². The Bertz CT molecular complexity index is 266. The van der Waals surface area contributed by atoms with Crippen molar-refractivity contribution < 1.29 is 25.5 Å². The van der Waals surface area contributed by atoms with Crippen LogP contribution >= 0.6 is 24.0 Å². The Morgan fingerprint density at radius 1 is 1.35 bits per heavy atom. The first-order valence-corrected chi connectivity index (χ1v) is 6.27. The molecule has 9 heteroatoms. The van der Waals surface area contributed by atoms with Gasteiger partial charge in [0.1, 0.15) is 24.4 Å². The van der Waals surface area contributed by atoms with Gasteiger partial charge in [-0.25, -0.2) is 0 Å². The summed E-state index contributed by atoms with van der Waals surface area (Å²) in [5.41, 5.74) is 2.40. The van der Waals surface area contributed by atoms with Gasteiger partial charge in [-0.05, 0) is 6.26 Å². The largest absolute Gasteiger partial charge is 0.394 e. The fraction of sp³-hybridized carbons (Fsp3) is 0.750. The first-order valence-electron chi connectivity index (χ1n) is 4.64. The summed E-state index contributed by atoms with van der Waals surface area (Å²) in [6.07, 6.45) is -3.70. The van der Waals surface area contributed by atoms with Crippen molar-refractivity contribution in [1.29, 1.82) is 0 Å². The van der Waals surface area contributed by atoms with Crippen LogP contribution in [0.15, 0.2) is 5.10 Å². The van der Waals surface area contributed by atoms with E-state index in [0.717, 1.165) is 6.21 Å². The molecule has 0 amide bonds. The number of aliphatic hydroxyl groups excluding tert-OH is 5. The molecule has 0 fully saturated rings. The van der Waals surface area contributed by atoms with Crippen molar-refractivity contribution in [3.8, 4) is 0 Å². The zero-order valence-electron chi connectivity index (χ0n) is 9.09. The molecule has 0 aromatic carbocycles. The van der Waals surface area contributed by atoms with E-state index >= 15 is 0 Å². The number of hydrazone groups is 1. The number of hydrogen-bond acceptors (Lipinski definition) is 8. The summed E-state index contributed by atoms with van der Waals surface area (Å²) >= 11 is 6.00. The van der Waals surface area contributed by atoms with Crippen LogP contribution in [0.3, 0.4) is 0 Å². The molecular weight excluding hydrogens is 268 g/mol. The van der Waals surface area contributed by atoms with Crippen LogP contribution in [0.5, 0.6) is 0 Å². The fourth-order valence-electron chi connectivity index (χ4n) is 0.838. The molecular formula is C8H16N2O5S2. The van der Waals surface area contributed by atoms with Crippen LogP contribution in [0, 0.1) is 0 Å². The Balaban J connectivity index is 4.21. The van der Waals surface area contributed by atoms with Crippen molar-refractivity contribution in [1.82, 2.24) is 5.43 Å². The third-order valence-corrected chi connectivity index (χ3v) is 2.90. The molecule has 6 N–H and O–H groups in total. The van der Waals surface area contributed by atoms with Crippen molar-refractivity contribution in [3.63, 3.8) is 0 Å². The summed E-state index contributed by atoms with van der Waals surface area (Å²) in [7, 11) is 0. The summed E-state index contributed by atoms with van der Waals surface area (Å²) in [5.74, 6) is 0. The summed E-state index contributed by atoms with van der Waals surface area (Å²) in [4.78, 5) is 0. The third-order valence-electron chi connectivity index (χ3n) is 1.85. The molecule has 0 saturated carbocycles. The third kappa shape index (κ3) is 6.27. The molecule has 0 rings (SSSR count). The lowest BCUT2D eigenvalue weighted by molar-refractivity contribution is -0.0999. The Morgan fingerprint density at radius 2 is 1.94 bits per heavy atom. The molecule has 4 unspecified atom stereocenters. The van der Waals surface area contributed by atoms with Crippen LogP contribution in [0.2, 0.25) is 0 Å². The van der Waals surface area contributed by atoms with Crippen LogP contribution in [0.1, 0.15) is 0 Å². The number of thiocarbonyl (C=S) groups is 1. The molecule has 100 valence electrons. The highest BCUT2D eigenvalue weighted by Crippen LogP contribution is 2.03. The highest BCUT2D eigenvalue weighted by Gasteiger charge is 2.29. The summed E-state index contributed by atoms with van der Waals surface area (Å²) < 4.78 is 0.374. The number of aliphatic hydroxyl groups is 5. The van der Waals surface area contributed by atoms with Crippen LogP contribution in [-0.4, -0.2) is 73.3 Å². The summed E-state index contributed by atoms with van der Waals surface area (Å²) in [6, 6.07) is 0. The molecule has 0 saturated heterocycles. The first kappa shape index (κ1) is 16.7. The zero-order chi connectivity index (χ0) is 13.4. The van der Waals surface area contributed by atoms with Crippen molar-refractivity contribution in [3.05, 3.63) is 0 Å². The maximum absolute atomic E-state index is 9.38. The van der Waals surface area contributed by atoms with Gasteiger partial charge in [-0.15, -0.1) is 0 Å². The standard InChI is InChI=1S/C8H16N2O5S2/c1-17-8(16)10-9-2-4(12)6(14)7(15)5(13)3-11/h2,4-7,11-15H,3H2,1H3,(H,10,16)/b9-2+. The minimum Gasteiger partial charge on any atom is -0.394 e. The van der Waals surface area contributed by atoms with Crippen LogP contribution in [0.4, 0.5) is 0 Å². The molecule has 0 aliphatic rings. The van der Waals surface area contributed by atoms with Gasteiger partial charge in [-0.1, -0.05) is 24.0 Å². The van der Waals surface area contributed by atoms with Gasteiger partial charge < -0.3 is 25.5 Å². The maximum Gasteiger partial charge on any atom is 0.153 e. The molecule has 0 aliphatic carbocycles. The number of rotatable bonds is 6. The van der Waals surface area contributed by atoms with Gasteiger partial charge >= 0.3 is 0 Å². The Hall–Kier alpha value is -0.290. The van der Waals surface area contributed by atoms with Crippen molar-refractivity contribution in [2.24, 2.45) is 5.10 Å². The predicted octanol–water partition coefficient (Wildman–Crippen LogP) is -2.35. The SMILES string of the molecule is CSC(=S)N/N=C/C(O)C(O)C(O)C(O)CO. The fourth-order valence-corrected chi connectivity index (χ4v) is 1.03. The van der Waals surface area contributed by atoms with E-state index in [1.807, 2.05) is 0 Å². The average Bonchev–Trinajstić information content (AvgIpc) is 2.35. The van der Waals surface area contributed by atoms with Gasteiger partial charge in [0.25, 0.3) is 0 Å². The van der Waals surface area contributed by atoms with E-state index in [2.05, 4.69) is 10.5 Å². The molecule has 0 aliphatic heterocycles. The lowest BCUT2D eigenvalue weighted by Crippen LogP contribution is -2.46. The number of nitrogens with one attached hydrogen (secondary N) is 1. The molecule has 0 aromatic rings. The van der Waals surface area contributed by atoms with Crippen molar-refractivity contribution in [2.45, 2.75) is 24.4 Å². The van der Waals surface area contributed by atoms with Crippen molar-refractivity contribution >= 4 is 34.5 Å². The molecule has 4 atom stereocenters. The van der Waals surface area contributed by atoms with Gasteiger partial charge in [0.05, 0.1) is 12.8 Å². The molecule has 0 radical (unpaired) electrons. The number of nitrogens with zero attached hydrogens (tertiary/aromatic N) is 1. The second-order valence-corrected chi connectivity index (χ2v) is 4.59. The molecule has 0 aromatic heterocycles. The van der Waals surface area contributed by atoms with Gasteiger partial charge in [0, 0.05) is 0 Å². The van der Waals surface area contributed by atoms with E-state index in [1.54, 1.807) is 6.26 Å². The van der Waals surface area contributed by atoms with E-state index in [9.17, 15) is 15.3 Å². The monoisotopic (exact) mass is 284 g/mol. The predicted molar refractivity (Wildman–Crippen MR) is 68.9 cm³/mol. The quantitative estimate of drug-likeness (QED) is 0.182. The number of hydrogen-bond donors (Lipinski definition) is 6. The molecule has 7 nitrogen and oxygen atoms in total. The van der Waals surface area contributed by atoms with E-state index in [1.165, 1.54) is 11.8 Å². The zero-order valence-corrected chi connectivity index (χ0v) is 10.7. The Labute approximate surface area is 108 Å². The van der Waals surface area contributed by atoms with E-state index < -0.39 is 31.0 Å². The summed E-state index contributed by atoms with van der Waals surface area (Å²) in [6.45, 7) is -0.725. The summed E-state index contributed by atoms with van der Waals surface area (Å²) in [5, 5.41) is 49.2.